The van der Waals surface area contributed by atoms with E-state index in [1.54, 1.807) is 7.11 Å². The van der Waals surface area contributed by atoms with E-state index in [1.165, 1.54) is 6.07 Å². The first-order valence-corrected chi connectivity index (χ1v) is 5.11. The first-order valence-electron chi connectivity index (χ1n) is 5.11. The zero-order valence-electron chi connectivity index (χ0n) is 9.30. The van der Waals surface area contributed by atoms with Gasteiger partial charge in [-0.3, -0.25) is 0 Å². The second kappa shape index (κ2) is 5.20. The van der Waals surface area contributed by atoms with Crippen LogP contribution in [0, 0.1) is 11.6 Å². The maximum absolute atomic E-state index is 13.3. The summed E-state index contributed by atoms with van der Waals surface area (Å²) >= 11 is 0. The molecule has 2 rings (SSSR count). The van der Waals surface area contributed by atoms with Crippen LogP contribution in [0.3, 0.4) is 0 Å². The van der Waals surface area contributed by atoms with Crippen LogP contribution in [0.15, 0.2) is 12.1 Å². The van der Waals surface area contributed by atoms with Crippen LogP contribution < -0.4 is 0 Å². The van der Waals surface area contributed by atoms with Crippen molar-refractivity contribution in [3.05, 3.63) is 29.6 Å². The maximum Gasteiger partial charge on any atom is 0.153 e. The molecule has 0 aliphatic rings. The van der Waals surface area contributed by atoms with Gasteiger partial charge in [0.2, 0.25) is 0 Å². The lowest BCUT2D eigenvalue weighted by molar-refractivity contribution is 0.0590. The molecule has 0 bridgehead atoms. The van der Waals surface area contributed by atoms with Crippen LogP contribution in [-0.4, -0.2) is 30.3 Å². The molecule has 17 heavy (non-hydrogen) atoms. The number of imidazole rings is 1. The number of hydrogen-bond acceptors (Lipinski definition) is 3. The first-order chi connectivity index (χ1) is 8.20. The highest BCUT2D eigenvalue weighted by Crippen LogP contribution is 2.17. The van der Waals surface area contributed by atoms with Crippen LogP contribution in [0.25, 0.3) is 11.0 Å². The molecule has 0 aliphatic carbocycles. The number of aromatic amines is 1. The minimum absolute atomic E-state index is 0.122. The summed E-state index contributed by atoms with van der Waals surface area (Å²) < 4.78 is 36.3. The standard InChI is InChI=1S/C11H12F2N2O2/c1-16-2-3-17-6-10-14-9-5-7(12)4-8(13)11(9)15-10/h4-5H,2-3,6H2,1H3,(H,14,15). The summed E-state index contributed by atoms with van der Waals surface area (Å²) in [6, 6.07) is 2.00. The zero-order chi connectivity index (χ0) is 12.3. The number of fused-ring (bicyclic) bond motifs is 1. The van der Waals surface area contributed by atoms with E-state index < -0.39 is 11.6 Å². The van der Waals surface area contributed by atoms with E-state index in [9.17, 15) is 8.78 Å². The summed E-state index contributed by atoms with van der Waals surface area (Å²) in [4.78, 5) is 6.79. The Morgan fingerprint density at radius 2 is 2.12 bits per heavy atom. The number of aromatic nitrogens is 2. The van der Waals surface area contributed by atoms with Gasteiger partial charge in [-0.25, -0.2) is 13.8 Å². The molecule has 0 saturated carbocycles. The van der Waals surface area contributed by atoms with Crippen molar-refractivity contribution in [3.63, 3.8) is 0 Å². The Morgan fingerprint density at radius 3 is 2.88 bits per heavy atom. The number of nitrogens with zero attached hydrogens (tertiary/aromatic N) is 1. The molecule has 4 nitrogen and oxygen atoms in total. The fourth-order valence-corrected chi connectivity index (χ4v) is 1.47. The number of benzene rings is 1. The third-order valence-electron chi connectivity index (χ3n) is 2.22. The molecule has 0 unspecified atom stereocenters. The Kier molecular flexibility index (Phi) is 3.65. The van der Waals surface area contributed by atoms with Crippen LogP contribution in [0.2, 0.25) is 0 Å². The lowest BCUT2D eigenvalue weighted by Gasteiger charge is -1.99. The number of methoxy groups -OCH3 is 1. The molecule has 1 N–H and O–H groups in total. The molecular weight excluding hydrogens is 230 g/mol. The van der Waals surface area contributed by atoms with E-state index in [0.29, 0.717) is 24.6 Å². The second-order valence-corrected chi connectivity index (χ2v) is 3.51. The maximum atomic E-state index is 13.3. The number of halogens is 2. The first kappa shape index (κ1) is 11.9. The molecule has 0 spiro atoms. The average Bonchev–Trinajstić information content (AvgIpc) is 2.67. The Labute approximate surface area is 96.6 Å². The van der Waals surface area contributed by atoms with E-state index in [1.807, 2.05) is 0 Å². The molecular formula is C11H12F2N2O2. The summed E-state index contributed by atoms with van der Waals surface area (Å²) in [5.74, 6) is -0.856. The largest absolute Gasteiger partial charge is 0.382 e. The summed E-state index contributed by atoms with van der Waals surface area (Å²) in [5.41, 5.74) is 0.449. The quantitative estimate of drug-likeness (QED) is 0.816. The molecule has 6 heteroatoms. The summed E-state index contributed by atoms with van der Waals surface area (Å²) in [5, 5.41) is 0. The number of nitrogens with one attached hydrogen (secondary N) is 1. The van der Waals surface area contributed by atoms with E-state index in [2.05, 4.69) is 9.97 Å². The lowest BCUT2D eigenvalue weighted by Crippen LogP contribution is -2.02. The van der Waals surface area contributed by atoms with E-state index in [4.69, 9.17) is 9.47 Å². The number of ether oxygens (including phenoxy) is 2. The van der Waals surface area contributed by atoms with Crippen LogP contribution in [-0.2, 0) is 16.1 Å². The number of rotatable bonds is 5. The van der Waals surface area contributed by atoms with Gasteiger partial charge in [0.15, 0.2) is 5.82 Å². The minimum atomic E-state index is -0.681. The van der Waals surface area contributed by atoms with Crippen molar-refractivity contribution < 1.29 is 18.3 Å². The minimum Gasteiger partial charge on any atom is -0.382 e. The highest BCUT2D eigenvalue weighted by atomic mass is 19.1. The van der Waals surface area contributed by atoms with Crippen LogP contribution in [0.5, 0.6) is 0 Å². The molecule has 2 aromatic rings. The van der Waals surface area contributed by atoms with Crippen molar-refractivity contribution in [2.24, 2.45) is 0 Å². The van der Waals surface area contributed by atoms with Crippen molar-refractivity contribution in [2.45, 2.75) is 6.61 Å². The van der Waals surface area contributed by atoms with Gasteiger partial charge < -0.3 is 14.5 Å². The molecule has 1 aromatic heterocycles. The topological polar surface area (TPSA) is 47.1 Å². The summed E-state index contributed by atoms with van der Waals surface area (Å²) in [6.45, 7) is 1.10. The normalized spacial score (nSPS) is 11.2. The Bertz CT molecular complexity index is 513. The molecule has 0 saturated heterocycles. The van der Waals surface area contributed by atoms with Crippen molar-refractivity contribution in [1.29, 1.82) is 0 Å². The lowest BCUT2D eigenvalue weighted by atomic mass is 10.3. The van der Waals surface area contributed by atoms with Gasteiger partial charge in [-0.15, -0.1) is 0 Å². The molecule has 1 aromatic carbocycles. The monoisotopic (exact) mass is 242 g/mol. The van der Waals surface area contributed by atoms with E-state index in [0.717, 1.165) is 6.07 Å². The molecule has 0 fully saturated rings. The molecule has 1 heterocycles. The van der Waals surface area contributed by atoms with Gasteiger partial charge in [0.1, 0.15) is 23.8 Å². The molecule has 0 radical (unpaired) electrons. The van der Waals surface area contributed by atoms with Crippen molar-refractivity contribution in [3.8, 4) is 0 Å². The van der Waals surface area contributed by atoms with Gasteiger partial charge in [-0.2, -0.15) is 0 Å². The third-order valence-corrected chi connectivity index (χ3v) is 2.22. The highest BCUT2D eigenvalue weighted by Gasteiger charge is 2.09. The molecule has 0 amide bonds. The highest BCUT2D eigenvalue weighted by molar-refractivity contribution is 5.75. The fraction of sp³-hybridized carbons (Fsp3) is 0.364. The van der Waals surface area contributed by atoms with Crippen LogP contribution in [0.4, 0.5) is 8.78 Å². The summed E-state index contributed by atoms with van der Waals surface area (Å²) in [6.07, 6.45) is 0. The predicted octanol–water partition coefficient (Wildman–Crippen LogP) is 2.00. The molecule has 0 atom stereocenters. The van der Waals surface area contributed by atoms with E-state index in [-0.39, 0.29) is 12.1 Å². The van der Waals surface area contributed by atoms with Gasteiger partial charge in [-0.1, -0.05) is 0 Å². The van der Waals surface area contributed by atoms with Gasteiger partial charge >= 0.3 is 0 Å². The third kappa shape index (κ3) is 2.78. The van der Waals surface area contributed by atoms with Crippen LogP contribution in [0.1, 0.15) is 5.82 Å². The van der Waals surface area contributed by atoms with Gasteiger partial charge in [0.25, 0.3) is 0 Å². The zero-order valence-corrected chi connectivity index (χ0v) is 9.30. The van der Waals surface area contributed by atoms with Gasteiger partial charge in [0, 0.05) is 13.2 Å². The second-order valence-electron chi connectivity index (χ2n) is 3.51. The fourth-order valence-electron chi connectivity index (χ4n) is 1.47. The van der Waals surface area contributed by atoms with Crippen molar-refractivity contribution >= 4 is 11.0 Å². The Hall–Kier alpha value is -1.53. The van der Waals surface area contributed by atoms with Gasteiger partial charge in [-0.05, 0) is 6.07 Å². The molecule has 0 aliphatic heterocycles. The van der Waals surface area contributed by atoms with Crippen molar-refractivity contribution in [2.75, 3.05) is 20.3 Å². The van der Waals surface area contributed by atoms with Gasteiger partial charge in [0.05, 0.1) is 18.7 Å². The average molecular weight is 242 g/mol. The number of hydrogen-bond donors (Lipinski definition) is 1. The molecule has 92 valence electrons. The van der Waals surface area contributed by atoms with E-state index >= 15 is 0 Å². The van der Waals surface area contributed by atoms with Crippen molar-refractivity contribution in [1.82, 2.24) is 9.97 Å². The number of H-pyrrole nitrogens is 1. The smallest absolute Gasteiger partial charge is 0.153 e. The Balaban J connectivity index is 2.12. The summed E-state index contributed by atoms with van der Waals surface area (Å²) in [7, 11) is 1.57. The predicted molar refractivity (Wildman–Crippen MR) is 57.5 cm³/mol. The Morgan fingerprint density at radius 1 is 1.29 bits per heavy atom. The van der Waals surface area contributed by atoms with Crippen LogP contribution >= 0.6 is 0 Å². The SMILES string of the molecule is COCCOCc1nc2c(F)cc(F)cc2[nH]1.